The van der Waals surface area contributed by atoms with Gasteiger partial charge in [-0.15, -0.1) is 0 Å². The number of esters is 1. The molecule has 0 aliphatic carbocycles. The molecule has 2 aromatic carbocycles. The van der Waals surface area contributed by atoms with Crippen LogP contribution in [0.1, 0.15) is 32.6 Å². The van der Waals surface area contributed by atoms with Crippen molar-refractivity contribution < 1.29 is 28.4 Å². The Morgan fingerprint density at radius 3 is 2.15 bits per heavy atom. The van der Waals surface area contributed by atoms with E-state index in [-0.39, 0.29) is 6.61 Å². The van der Waals surface area contributed by atoms with Gasteiger partial charge in [0.2, 0.25) is 0 Å². The molecule has 7 nitrogen and oxygen atoms in total. The molecule has 7 heteroatoms. The summed E-state index contributed by atoms with van der Waals surface area (Å²) in [5.74, 6) is 0.394. The van der Waals surface area contributed by atoms with E-state index in [0.29, 0.717) is 40.3 Å². The Bertz CT molecular complexity index is 1170. The second kappa shape index (κ2) is 10.8. The number of benzene rings is 2. The molecule has 0 saturated carbocycles. The highest BCUT2D eigenvalue weighted by atomic mass is 16.7. The number of hydrogen-bond donors (Lipinski definition) is 0. The number of carbonyl (C=O) groups excluding carboxylic acids is 2. The molecule has 0 atom stereocenters. The van der Waals surface area contributed by atoms with Gasteiger partial charge in [0.05, 0.1) is 5.56 Å². The highest BCUT2D eigenvalue weighted by Gasteiger charge is 2.19. The van der Waals surface area contributed by atoms with Crippen molar-refractivity contribution in [2.24, 2.45) is 0 Å². The van der Waals surface area contributed by atoms with Crippen molar-refractivity contribution in [2.75, 3.05) is 25.6 Å². The van der Waals surface area contributed by atoms with Gasteiger partial charge >= 0.3 is 12.1 Å². The maximum absolute atomic E-state index is 12.5. The summed E-state index contributed by atoms with van der Waals surface area (Å²) >= 11 is 0. The maximum atomic E-state index is 12.5. The smallest absolute Gasteiger partial charge is 0.427 e. The lowest BCUT2D eigenvalue weighted by Gasteiger charge is -2.16. The van der Waals surface area contributed by atoms with Crippen LogP contribution >= 0.6 is 0 Å². The molecule has 0 aliphatic heterocycles. The molecule has 0 aliphatic rings. The Labute approximate surface area is 200 Å². The fourth-order valence-corrected chi connectivity index (χ4v) is 3.38. The summed E-state index contributed by atoms with van der Waals surface area (Å²) in [7, 11) is 3.95. The number of aromatic nitrogens is 1. The first kappa shape index (κ1) is 24.8. The van der Waals surface area contributed by atoms with Gasteiger partial charge in [0.25, 0.3) is 0 Å². The third-order valence-corrected chi connectivity index (χ3v) is 5.61. The minimum absolute atomic E-state index is 0.175. The average Bonchev–Trinajstić information content (AvgIpc) is 2.81. The molecule has 178 valence electrons. The average molecular weight is 464 g/mol. The zero-order valence-corrected chi connectivity index (χ0v) is 20.5. The SMILES string of the molecule is Cc1ccc(C(=O)Oc2cc(C)c(OC(=O)OCC[n+]3ccc(N(C)C)cc3)c(C)c2C)cc1. The number of anilines is 1. The molecule has 1 heterocycles. The highest BCUT2D eigenvalue weighted by molar-refractivity contribution is 5.91. The van der Waals surface area contributed by atoms with Crippen LogP contribution in [0.25, 0.3) is 0 Å². The van der Waals surface area contributed by atoms with E-state index in [0.717, 1.165) is 11.3 Å². The van der Waals surface area contributed by atoms with Crippen LogP contribution in [0.2, 0.25) is 0 Å². The van der Waals surface area contributed by atoms with Crippen LogP contribution in [0, 0.1) is 27.7 Å². The Hall–Kier alpha value is -3.87. The van der Waals surface area contributed by atoms with E-state index in [1.165, 1.54) is 0 Å². The summed E-state index contributed by atoms with van der Waals surface area (Å²) in [5.41, 5.74) is 4.71. The van der Waals surface area contributed by atoms with E-state index >= 15 is 0 Å². The second-order valence-corrected chi connectivity index (χ2v) is 8.42. The predicted octanol–water partition coefficient (Wildman–Crippen LogP) is 4.71. The van der Waals surface area contributed by atoms with E-state index in [1.807, 2.05) is 81.0 Å². The fourth-order valence-electron chi connectivity index (χ4n) is 3.38. The number of hydrogen-bond acceptors (Lipinski definition) is 6. The molecule has 0 N–H and O–H groups in total. The number of aryl methyl sites for hydroxylation is 2. The van der Waals surface area contributed by atoms with Crippen LogP contribution in [0.5, 0.6) is 11.5 Å². The van der Waals surface area contributed by atoms with Crippen LogP contribution in [0.3, 0.4) is 0 Å². The van der Waals surface area contributed by atoms with Gasteiger partial charge in [-0.3, -0.25) is 0 Å². The van der Waals surface area contributed by atoms with Gasteiger partial charge < -0.3 is 19.1 Å². The van der Waals surface area contributed by atoms with Crippen LogP contribution < -0.4 is 18.9 Å². The summed E-state index contributed by atoms with van der Waals surface area (Å²) in [6.07, 6.45) is 3.08. The monoisotopic (exact) mass is 463 g/mol. The minimum Gasteiger partial charge on any atom is -0.427 e. The van der Waals surface area contributed by atoms with Gasteiger partial charge in [-0.05, 0) is 62.6 Å². The summed E-state index contributed by atoms with van der Waals surface area (Å²) in [4.78, 5) is 26.8. The third kappa shape index (κ3) is 6.13. The molecule has 0 unspecified atom stereocenters. The summed E-state index contributed by atoms with van der Waals surface area (Å²) < 4.78 is 18.3. The van der Waals surface area contributed by atoms with Crippen molar-refractivity contribution in [1.82, 2.24) is 0 Å². The molecule has 3 rings (SSSR count). The Balaban J connectivity index is 1.61. The zero-order chi connectivity index (χ0) is 24.8. The first-order chi connectivity index (χ1) is 16.2. The minimum atomic E-state index is -0.777. The topological polar surface area (TPSA) is 68.9 Å². The zero-order valence-electron chi connectivity index (χ0n) is 20.5. The number of ether oxygens (including phenoxy) is 3. The van der Waals surface area contributed by atoms with Gasteiger partial charge in [-0.1, -0.05) is 17.7 Å². The van der Waals surface area contributed by atoms with Crippen molar-refractivity contribution in [2.45, 2.75) is 34.2 Å². The third-order valence-electron chi connectivity index (χ3n) is 5.61. The van der Waals surface area contributed by atoms with Gasteiger partial charge in [0.15, 0.2) is 25.5 Å². The second-order valence-electron chi connectivity index (χ2n) is 8.42. The maximum Gasteiger partial charge on any atom is 0.514 e. The van der Waals surface area contributed by atoms with Gasteiger partial charge in [-0.25, -0.2) is 14.2 Å². The highest BCUT2D eigenvalue weighted by Crippen LogP contribution is 2.33. The summed E-state index contributed by atoms with van der Waals surface area (Å²) in [6.45, 7) is 8.06. The van der Waals surface area contributed by atoms with Crippen LogP contribution in [0.4, 0.5) is 10.5 Å². The molecule has 0 saturated heterocycles. The quantitative estimate of drug-likeness (QED) is 0.219. The van der Waals surface area contributed by atoms with E-state index in [9.17, 15) is 9.59 Å². The molecule has 0 bridgehead atoms. The fraction of sp³-hybridized carbons (Fsp3) is 0.296. The van der Waals surface area contributed by atoms with Crippen molar-refractivity contribution >= 4 is 17.8 Å². The van der Waals surface area contributed by atoms with E-state index in [1.54, 1.807) is 25.1 Å². The van der Waals surface area contributed by atoms with E-state index in [2.05, 4.69) is 0 Å². The molecule has 1 aromatic heterocycles. The molecule has 34 heavy (non-hydrogen) atoms. The standard InChI is InChI=1S/C27H31N2O5/c1-18-7-9-22(10-8-18)26(30)33-24-17-19(2)25(21(4)20(24)3)34-27(31)32-16-15-29-13-11-23(12-14-29)28(5)6/h7-14,17H,15-16H2,1-6H3/q+1. The molecule has 0 radical (unpaired) electrons. The number of nitrogens with zero attached hydrogens (tertiary/aromatic N) is 2. The molecular formula is C27H31N2O5+. The van der Waals surface area contributed by atoms with Gasteiger partial charge in [-0.2, -0.15) is 0 Å². The van der Waals surface area contributed by atoms with Crippen LogP contribution in [0.15, 0.2) is 54.9 Å². The lowest BCUT2D eigenvalue weighted by molar-refractivity contribution is -0.697. The molecule has 0 spiro atoms. The first-order valence-electron chi connectivity index (χ1n) is 11.1. The van der Waals surface area contributed by atoms with Gasteiger partial charge in [0, 0.05) is 31.9 Å². The van der Waals surface area contributed by atoms with Crippen molar-refractivity contribution in [3.8, 4) is 11.5 Å². The summed E-state index contributed by atoms with van der Waals surface area (Å²) in [5, 5.41) is 0. The molecule has 3 aromatic rings. The number of carbonyl (C=O) groups is 2. The normalized spacial score (nSPS) is 10.5. The Morgan fingerprint density at radius 2 is 1.53 bits per heavy atom. The number of rotatable bonds is 7. The Morgan fingerprint density at radius 1 is 0.882 bits per heavy atom. The molecular weight excluding hydrogens is 432 g/mol. The van der Waals surface area contributed by atoms with E-state index < -0.39 is 12.1 Å². The van der Waals surface area contributed by atoms with Crippen molar-refractivity contribution in [3.63, 3.8) is 0 Å². The lowest BCUT2D eigenvalue weighted by Crippen LogP contribution is -2.36. The largest absolute Gasteiger partial charge is 0.514 e. The summed E-state index contributed by atoms with van der Waals surface area (Å²) in [6, 6.07) is 12.9. The van der Waals surface area contributed by atoms with Crippen molar-refractivity contribution in [1.29, 1.82) is 0 Å². The van der Waals surface area contributed by atoms with Crippen molar-refractivity contribution in [3.05, 3.63) is 82.7 Å². The van der Waals surface area contributed by atoms with Crippen LogP contribution in [-0.2, 0) is 11.3 Å². The molecule has 0 amide bonds. The van der Waals surface area contributed by atoms with Gasteiger partial charge in [0.1, 0.15) is 11.5 Å². The lowest BCUT2D eigenvalue weighted by atomic mass is 10.0. The predicted molar refractivity (Wildman–Crippen MR) is 130 cm³/mol. The van der Waals surface area contributed by atoms with Crippen LogP contribution in [-0.4, -0.2) is 32.8 Å². The molecule has 0 fully saturated rings. The first-order valence-corrected chi connectivity index (χ1v) is 11.1. The Kier molecular flexibility index (Phi) is 7.89. The number of pyridine rings is 1. The van der Waals surface area contributed by atoms with E-state index in [4.69, 9.17) is 14.2 Å².